The van der Waals surface area contributed by atoms with Crippen molar-refractivity contribution in [3.63, 3.8) is 0 Å². The summed E-state index contributed by atoms with van der Waals surface area (Å²) in [5.74, 6) is 0.593. The highest BCUT2D eigenvalue weighted by molar-refractivity contribution is 5.96. The lowest BCUT2D eigenvalue weighted by Gasteiger charge is -2.29. The summed E-state index contributed by atoms with van der Waals surface area (Å²) in [4.78, 5) is 17.6. The van der Waals surface area contributed by atoms with Crippen LogP contribution in [0.4, 0.5) is 0 Å². The van der Waals surface area contributed by atoms with Crippen LogP contribution in [-0.2, 0) is 19.6 Å². The smallest absolute Gasteiger partial charge is 0.254 e. The summed E-state index contributed by atoms with van der Waals surface area (Å²) in [7, 11) is 2.13. The van der Waals surface area contributed by atoms with E-state index in [1.54, 1.807) is 0 Å². The number of aromatic nitrogens is 2. The summed E-state index contributed by atoms with van der Waals surface area (Å²) in [6.45, 7) is 8.24. The minimum absolute atomic E-state index is 0.152. The van der Waals surface area contributed by atoms with E-state index in [2.05, 4.69) is 47.1 Å². The fourth-order valence-electron chi connectivity index (χ4n) is 4.45. The highest BCUT2D eigenvalue weighted by Crippen LogP contribution is 2.27. The van der Waals surface area contributed by atoms with Crippen molar-refractivity contribution in [1.29, 1.82) is 0 Å². The van der Waals surface area contributed by atoms with Crippen molar-refractivity contribution in [1.82, 2.24) is 24.9 Å². The van der Waals surface area contributed by atoms with Crippen LogP contribution >= 0.6 is 0 Å². The molecule has 0 aliphatic carbocycles. The van der Waals surface area contributed by atoms with E-state index in [-0.39, 0.29) is 5.91 Å². The van der Waals surface area contributed by atoms with Crippen LogP contribution in [0.15, 0.2) is 30.3 Å². The molecule has 1 unspecified atom stereocenters. The van der Waals surface area contributed by atoms with Gasteiger partial charge in [0.1, 0.15) is 0 Å². The van der Waals surface area contributed by atoms with Crippen molar-refractivity contribution < 1.29 is 4.79 Å². The molecule has 1 atom stereocenters. The summed E-state index contributed by atoms with van der Waals surface area (Å²) < 4.78 is 2.08. The van der Waals surface area contributed by atoms with Crippen LogP contribution in [0, 0.1) is 0 Å². The second-order valence-corrected chi connectivity index (χ2v) is 8.09. The van der Waals surface area contributed by atoms with E-state index < -0.39 is 0 Å². The monoisotopic (exact) mass is 381 g/mol. The predicted molar refractivity (Wildman–Crippen MR) is 110 cm³/mol. The lowest BCUT2D eigenvalue weighted by Crippen LogP contribution is -2.38. The molecule has 0 spiro atoms. The zero-order valence-electron chi connectivity index (χ0n) is 17.0. The van der Waals surface area contributed by atoms with Gasteiger partial charge in [0.05, 0.1) is 24.5 Å². The van der Waals surface area contributed by atoms with Crippen LogP contribution in [0.5, 0.6) is 0 Å². The van der Waals surface area contributed by atoms with Gasteiger partial charge in [0, 0.05) is 25.2 Å². The Labute approximate surface area is 167 Å². The quantitative estimate of drug-likeness (QED) is 0.835. The third-order valence-corrected chi connectivity index (χ3v) is 5.86. The molecule has 1 aromatic heterocycles. The second-order valence-electron chi connectivity index (χ2n) is 8.09. The zero-order chi connectivity index (χ0) is 19.5. The third-order valence-electron chi connectivity index (χ3n) is 5.86. The fraction of sp³-hybridized carbons (Fsp3) is 0.545. The number of carbonyl (C=O) groups excluding carboxylic acids is 1. The minimum atomic E-state index is 0.152. The molecule has 2 aliphatic rings. The first-order chi connectivity index (χ1) is 13.7. The maximum Gasteiger partial charge on any atom is 0.254 e. The van der Waals surface area contributed by atoms with E-state index in [0.717, 1.165) is 69.1 Å². The largest absolute Gasteiger partial charge is 0.331 e. The Morgan fingerprint density at radius 1 is 1.32 bits per heavy atom. The number of hydrogen-bond donors (Lipinski definition) is 1. The van der Waals surface area contributed by atoms with Gasteiger partial charge >= 0.3 is 0 Å². The highest BCUT2D eigenvalue weighted by Gasteiger charge is 2.27. The molecular formula is C22H31N5O. The van der Waals surface area contributed by atoms with Gasteiger partial charge in [-0.3, -0.25) is 9.48 Å². The standard InChI is InChI=1S/C22H31N5O/c1-3-10-25(2)15-18-13-19-16-26(11-12-27(19)24-18)22(28)21-7-5-4-6-20(21)17-8-9-23-14-17/h4-7,13,17,23H,3,8-12,14-16H2,1-2H3. The lowest BCUT2D eigenvalue weighted by atomic mass is 9.93. The van der Waals surface area contributed by atoms with E-state index in [1.807, 2.05) is 17.0 Å². The number of carbonyl (C=O) groups is 1. The van der Waals surface area contributed by atoms with Gasteiger partial charge < -0.3 is 15.1 Å². The number of benzene rings is 1. The van der Waals surface area contributed by atoms with Crippen molar-refractivity contribution in [2.45, 2.75) is 45.3 Å². The Kier molecular flexibility index (Phi) is 5.78. The predicted octanol–water partition coefficient (Wildman–Crippen LogP) is 2.46. The Bertz CT molecular complexity index is 824. The van der Waals surface area contributed by atoms with Gasteiger partial charge in [-0.15, -0.1) is 0 Å². The Morgan fingerprint density at radius 3 is 2.96 bits per heavy atom. The normalized spacial score (nSPS) is 19.2. The molecule has 28 heavy (non-hydrogen) atoms. The maximum absolute atomic E-state index is 13.3. The molecule has 2 aromatic rings. The van der Waals surface area contributed by atoms with Crippen LogP contribution in [0.3, 0.4) is 0 Å². The molecule has 1 aromatic carbocycles. The number of nitrogens with zero attached hydrogens (tertiary/aromatic N) is 4. The van der Waals surface area contributed by atoms with Crippen LogP contribution in [-0.4, -0.2) is 58.7 Å². The van der Waals surface area contributed by atoms with Crippen LogP contribution in [0.25, 0.3) is 0 Å². The third kappa shape index (κ3) is 3.98. The minimum Gasteiger partial charge on any atom is -0.331 e. The molecule has 0 bridgehead atoms. The number of nitrogens with one attached hydrogen (secondary N) is 1. The van der Waals surface area contributed by atoms with Crippen molar-refractivity contribution in [2.75, 3.05) is 33.2 Å². The number of hydrogen-bond acceptors (Lipinski definition) is 4. The van der Waals surface area contributed by atoms with Crippen molar-refractivity contribution in [3.8, 4) is 0 Å². The highest BCUT2D eigenvalue weighted by atomic mass is 16.2. The average Bonchev–Trinajstić information content (AvgIpc) is 3.36. The summed E-state index contributed by atoms with van der Waals surface area (Å²) in [6, 6.07) is 10.3. The van der Waals surface area contributed by atoms with Gasteiger partial charge in [0.2, 0.25) is 0 Å². The first kappa shape index (κ1) is 19.2. The van der Waals surface area contributed by atoms with E-state index in [9.17, 15) is 4.79 Å². The fourth-order valence-corrected chi connectivity index (χ4v) is 4.45. The molecule has 1 fully saturated rings. The molecular weight excluding hydrogens is 350 g/mol. The Balaban J connectivity index is 1.49. The maximum atomic E-state index is 13.3. The molecule has 1 amide bonds. The van der Waals surface area contributed by atoms with Crippen LogP contribution < -0.4 is 5.32 Å². The zero-order valence-corrected chi connectivity index (χ0v) is 17.0. The second kappa shape index (κ2) is 8.45. The van der Waals surface area contributed by atoms with Crippen LogP contribution in [0.1, 0.15) is 53.0 Å². The van der Waals surface area contributed by atoms with E-state index in [1.165, 1.54) is 5.56 Å². The molecule has 6 heteroatoms. The van der Waals surface area contributed by atoms with Gasteiger partial charge in [-0.25, -0.2) is 0 Å². The Hall–Kier alpha value is -2.18. The first-order valence-electron chi connectivity index (χ1n) is 10.5. The van der Waals surface area contributed by atoms with E-state index in [0.29, 0.717) is 12.5 Å². The topological polar surface area (TPSA) is 53.4 Å². The number of amides is 1. The summed E-state index contributed by atoms with van der Waals surface area (Å²) in [5, 5.41) is 8.17. The summed E-state index contributed by atoms with van der Waals surface area (Å²) in [6.07, 6.45) is 2.24. The molecule has 6 nitrogen and oxygen atoms in total. The molecule has 2 aliphatic heterocycles. The van der Waals surface area contributed by atoms with Crippen molar-refractivity contribution in [2.24, 2.45) is 0 Å². The van der Waals surface area contributed by atoms with Crippen LogP contribution in [0.2, 0.25) is 0 Å². The number of fused-ring (bicyclic) bond motifs is 1. The molecule has 1 saturated heterocycles. The first-order valence-corrected chi connectivity index (χ1v) is 10.5. The van der Waals surface area contributed by atoms with Gasteiger partial charge in [-0.1, -0.05) is 25.1 Å². The Morgan fingerprint density at radius 2 is 2.18 bits per heavy atom. The molecule has 150 valence electrons. The van der Waals surface area contributed by atoms with E-state index >= 15 is 0 Å². The van der Waals surface area contributed by atoms with Gasteiger partial charge in [0.15, 0.2) is 0 Å². The molecule has 4 rings (SSSR count). The van der Waals surface area contributed by atoms with Crippen molar-refractivity contribution in [3.05, 3.63) is 52.8 Å². The summed E-state index contributed by atoms with van der Waals surface area (Å²) >= 11 is 0. The molecule has 1 N–H and O–H groups in total. The molecule has 0 saturated carbocycles. The molecule has 3 heterocycles. The summed E-state index contributed by atoms with van der Waals surface area (Å²) in [5.41, 5.74) is 4.29. The van der Waals surface area contributed by atoms with Crippen molar-refractivity contribution >= 4 is 5.91 Å². The van der Waals surface area contributed by atoms with E-state index in [4.69, 9.17) is 5.10 Å². The number of rotatable bonds is 6. The average molecular weight is 382 g/mol. The van der Waals surface area contributed by atoms with Gasteiger partial charge in [0.25, 0.3) is 5.91 Å². The van der Waals surface area contributed by atoms with Gasteiger partial charge in [-0.2, -0.15) is 5.10 Å². The SMILES string of the molecule is CCCN(C)Cc1cc2n(n1)CCN(C(=O)c1ccccc1C1CCNC1)C2. The molecule has 0 radical (unpaired) electrons. The lowest BCUT2D eigenvalue weighted by molar-refractivity contribution is 0.0704. The van der Waals surface area contributed by atoms with Gasteiger partial charge in [-0.05, 0) is 56.6 Å².